The topological polar surface area (TPSA) is 77.0 Å². The molecule has 4 rings (SSSR count). The third-order valence-corrected chi connectivity index (χ3v) is 4.95. The summed E-state index contributed by atoms with van der Waals surface area (Å²) >= 11 is 0. The van der Waals surface area contributed by atoms with E-state index in [0.717, 1.165) is 11.3 Å². The van der Waals surface area contributed by atoms with Gasteiger partial charge in [0.15, 0.2) is 0 Å². The van der Waals surface area contributed by atoms with Crippen LogP contribution in [0.5, 0.6) is 11.6 Å². The molecule has 1 aromatic heterocycles. The van der Waals surface area contributed by atoms with Gasteiger partial charge in [-0.25, -0.2) is 9.37 Å². The monoisotopic (exact) mass is 402 g/mol. The van der Waals surface area contributed by atoms with E-state index in [1.54, 1.807) is 17.0 Å². The van der Waals surface area contributed by atoms with Gasteiger partial charge in [0.05, 0.1) is 31.0 Å². The van der Waals surface area contributed by atoms with Gasteiger partial charge < -0.3 is 24.0 Å². The van der Waals surface area contributed by atoms with Gasteiger partial charge in [-0.2, -0.15) is 4.98 Å². The molecule has 8 nitrogen and oxygen atoms in total. The van der Waals surface area contributed by atoms with Crippen molar-refractivity contribution in [1.29, 1.82) is 0 Å². The number of aromatic nitrogens is 2. The molecule has 1 saturated heterocycles. The van der Waals surface area contributed by atoms with Crippen LogP contribution in [0, 0.1) is 5.82 Å². The normalized spacial score (nSPS) is 16.5. The lowest BCUT2D eigenvalue weighted by atomic mass is 10.1. The minimum absolute atomic E-state index is 0.0240. The predicted molar refractivity (Wildman–Crippen MR) is 103 cm³/mol. The van der Waals surface area contributed by atoms with Crippen molar-refractivity contribution in [2.45, 2.75) is 13.0 Å². The fraction of sp³-hybridized carbons (Fsp3) is 0.450. The molecular formula is C20H23FN4O4. The number of carbonyl (C=O) groups is 1. The van der Waals surface area contributed by atoms with Crippen LogP contribution in [0.4, 0.5) is 10.3 Å². The highest BCUT2D eigenvalue weighted by atomic mass is 19.1. The van der Waals surface area contributed by atoms with Crippen molar-refractivity contribution >= 4 is 11.9 Å². The molecule has 1 aromatic carbocycles. The van der Waals surface area contributed by atoms with Crippen molar-refractivity contribution in [3.05, 3.63) is 41.3 Å². The average Bonchev–Trinajstić information content (AvgIpc) is 2.75. The second kappa shape index (κ2) is 8.71. The first-order valence-corrected chi connectivity index (χ1v) is 9.56. The number of halogens is 1. The second-order valence-corrected chi connectivity index (χ2v) is 6.91. The van der Waals surface area contributed by atoms with Gasteiger partial charge in [0.1, 0.15) is 18.2 Å². The van der Waals surface area contributed by atoms with E-state index in [1.165, 1.54) is 19.2 Å². The van der Waals surface area contributed by atoms with Crippen molar-refractivity contribution < 1.29 is 23.4 Å². The van der Waals surface area contributed by atoms with Gasteiger partial charge in [0.2, 0.25) is 17.7 Å². The molecule has 1 amide bonds. The van der Waals surface area contributed by atoms with Crippen LogP contribution in [0.3, 0.4) is 0 Å². The van der Waals surface area contributed by atoms with Crippen molar-refractivity contribution in [3.63, 3.8) is 0 Å². The van der Waals surface area contributed by atoms with Crippen LogP contribution in [-0.4, -0.2) is 67.3 Å². The molecule has 0 atom stereocenters. The fourth-order valence-corrected chi connectivity index (χ4v) is 3.40. The molecular weight excluding hydrogens is 379 g/mol. The molecule has 2 aliphatic heterocycles. The third-order valence-electron chi connectivity index (χ3n) is 4.95. The first-order chi connectivity index (χ1) is 14.1. The lowest BCUT2D eigenvalue weighted by molar-refractivity contribution is -0.136. The Kier molecular flexibility index (Phi) is 5.86. The number of benzene rings is 1. The number of carbonyl (C=O) groups excluding carboxylic acids is 1. The minimum Gasteiger partial charge on any atom is -0.438 e. The molecule has 0 saturated carbocycles. The number of ether oxygens (including phenoxy) is 3. The molecule has 154 valence electrons. The zero-order chi connectivity index (χ0) is 20.2. The Hall–Kier alpha value is -2.78. The van der Waals surface area contributed by atoms with E-state index in [-0.39, 0.29) is 18.3 Å². The van der Waals surface area contributed by atoms with Crippen LogP contribution < -0.4 is 9.64 Å². The Balaban J connectivity index is 1.67. The number of fused-ring (bicyclic) bond motifs is 1. The number of anilines is 1. The number of morpholine rings is 1. The zero-order valence-electron chi connectivity index (χ0n) is 16.3. The first kappa shape index (κ1) is 19.5. The van der Waals surface area contributed by atoms with E-state index < -0.39 is 0 Å². The summed E-state index contributed by atoms with van der Waals surface area (Å²) < 4.78 is 29.7. The molecule has 0 N–H and O–H groups in total. The van der Waals surface area contributed by atoms with Crippen molar-refractivity contribution in [2.75, 3.05) is 51.5 Å². The van der Waals surface area contributed by atoms with Crippen molar-refractivity contribution in [1.82, 2.24) is 14.9 Å². The van der Waals surface area contributed by atoms with Crippen LogP contribution in [0.25, 0.3) is 0 Å². The summed E-state index contributed by atoms with van der Waals surface area (Å²) in [6.45, 7) is 3.57. The van der Waals surface area contributed by atoms with E-state index in [1.807, 2.05) is 0 Å². The maximum atomic E-state index is 13.3. The number of amides is 1. The van der Waals surface area contributed by atoms with Crippen molar-refractivity contribution in [3.8, 4) is 11.6 Å². The van der Waals surface area contributed by atoms with E-state index in [9.17, 15) is 9.18 Å². The summed E-state index contributed by atoms with van der Waals surface area (Å²) in [6.07, 6.45) is 0.602. The van der Waals surface area contributed by atoms with Gasteiger partial charge in [0, 0.05) is 33.2 Å². The van der Waals surface area contributed by atoms with Crippen LogP contribution in [0.15, 0.2) is 24.3 Å². The van der Waals surface area contributed by atoms with E-state index >= 15 is 0 Å². The SMILES string of the molecule is COCC(=O)N1CCc2nc(N3CCOCC3)nc(Oc3ccc(F)cc3)c2C1. The fourth-order valence-electron chi connectivity index (χ4n) is 3.40. The lowest BCUT2D eigenvalue weighted by Crippen LogP contribution is -2.40. The second-order valence-electron chi connectivity index (χ2n) is 6.91. The van der Waals surface area contributed by atoms with Gasteiger partial charge in [-0.05, 0) is 24.3 Å². The van der Waals surface area contributed by atoms with Gasteiger partial charge in [0.25, 0.3) is 0 Å². The Morgan fingerprint density at radius 2 is 1.93 bits per heavy atom. The largest absolute Gasteiger partial charge is 0.438 e. The van der Waals surface area contributed by atoms with E-state index in [4.69, 9.17) is 19.2 Å². The highest BCUT2D eigenvalue weighted by molar-refractivity contribution is 5.77. The summed E-state index contributed by atoms with van der Waals surface area (Å²) in [5.74, 6) is 1.01. The summed E-state index contributed by atoms with van der Waals surface area (Å²) in [4.78, 5) is 25.4. The maximum absolute atomic E-state index is 13.3. The molecule has 0 unspecified atom stereocenters. The summed E-state index contributed by atoms with van der Waals surface area (Å²) in [6, 6.07) is 5.77. The van der Waals surface area contributed by atoms with Gasteiger partial charge in [-0.3, -0.25) is 4.79 Å². The number of hydrogen-bond donors (Lipinski definition) is 0. The highest BCUT2D eigenvalue weighted by Crippen LogP contribution is 2.31. The highest BCUT2D eigenvalue weighted by Gasteiger charge is 2.28. The Labute approximate surface area is 168 Å². The minimum atomic E-state index is -0.340. The molecule has 2 aromatic rings. The summed E-state index contributed by atoms with van der Waals surface area (Å²) in [7, 11) is 1.50. The zero-order valence-corrected chi connectivity index (χ0v) is 16.3. The Morgan fingerprint density at radius 1 is 1.17 bits per heavy atom. The molecule has 1 fully saturated rings. The van der Waals surface area contributed by atoms with Crippen LogP contribution in [0.1, 0.15) is 11.3 Å². The standard InChI is InChI=1S/C20H23FN4O4/c1-27-13-18(26)25-7-6-17-16(12-25)19(29-15-4-2-14(21)3-5-15)23-20(22-17)24-8-10-28-11-9-24/h2-5H,6-13H2,1H3. The van der Waals surface area contributed by atoms with E-state index in [0.29, 0.717) is 63.4 Å². The quantitative estimate of drug-likeness (QED) is 0.754. The number of nitrogens with zero attached hydrogens (tertiary/aromatic N) is 4. The average molecular weight is 402 g/mol. The Morgan fingerprint density at radius 3 is 2.66 bits per heavy atom. The molecule has 0 spiro atoms. The number of rotatable bonds is 5. The molecule has 0 aliphatic carbocycles. The molecule has 9 heteroatoms. The lowest BCUT2D eigenvalue weighted by Gasteiger charge is -2.31. The van der Waals surface area contributed by atoms with Gasteiger partial charge in [-0.1, -0.05) is 0 Å². The molecule has 2 aliphatic rings. The van der Waals surface area contributed by atoms with Crippen molar-refractivity contribution in [2.24, 2.45) is 0 Å². The first-order valence-electron chi connectivity index (χ1n) is 9.56. The third kappa shape index (κ3) is 4.46. The van der Waals surface area contributed by atoms with E-state index in [2.05, 4.69) is 9.88 Å². The van der Waals surface area contributed by atoms with Crippen LogP contribution in [0.2, 0.25) is 0 Å². The predicted octanol–water partition coefficient (Wildman–Crippen LogP) is 1.78. The summed E-state index contributed by atoms with van der Waals surface area (Å²) in [5, 5.41) is 0. The smallest absolute Gasteiger partial charge is 0.248 e. The van der Waals surface area contributed by atoms with Gasteiger partial charge >= 0.3 is 0 Å². The molecule has 3 heterocycles. The number of hydrogen-bond acceptors (Lipinski definition) is 7. The Bertz CT molecular complexity index is 872. The van der Waals surface area contributed by atoms with Crippen LogP contribution in [-0.2, 0) is 27.2 Å². The molecule has 0 radical (unpaired) electrons. The molecule has 29 heavy (non-hydrogen) atoms. The number of methoxy groups -OCH3 is 1. The maximum Gasteiger partial charge on any atom is 0.248 e. The van der Waals surface area contributed by atoms with Crippen LogP contribution >= 0.6 is 0 Å². The van der Waals surface area contributed by atoms with Gasteiger partial charge in [-0.15, -0.1) is 0 Å². The summed E-state index contributed by atoms with van der Waals surface area (Å²) in [5.41, 5.74) is 1.63. The molecule has 0 bridgehead atoms.